The Morgan fingerprint density at radius 1 is 1.73 bits per heavy atom. The number of aromatic nitrogens is 1. The predicted molar refractivity (Wildman–Crippen MR) is 47.7 cm³/mol. The highest BCUT2D eigenvalue weighted by Crippen LogP contribution is 2.03. The summed E-state index contributed by atoms with van der Waals surface area (Å²) in [6.45, 7) is 6.41. The van der Waals surface area contributed by atoms with Crippen molar-refractivity contribution in [3.8, 4) is 0 Å². The number of hydrogen-bond acceptors (Lipinski definition) is 2. The molecule has 0 atom stereocenters. The summed E-state index contributed by atoms with van der Waals surface area (Å²) < 4.78 is 0. The van der Waals surface area contributed by atoms with Gasteiger partial charge in [0.2, 0.25) is 0 Å². The Balaban J connectivity index is 2.63. The quantitative estimate of drug-likeness (QED) is 0.663. The Labute approximate surface area is 67.0 Å². The summed E-state index contributed by atoms with van der Waals surface area (Å²) >= 11 is 0. The second kappa shape index (κ2) is 3.76. The van der Waals surface area contributed by atoms with Crippen LogP contribution < -0.4 is 5.32 Å². The second-order valence-corrected chi connectivity index (χ2v) is 2.39. The summed E-state index contributed by atoms with van der Waals surface area (Å²) in [4.78, 5) is 4.12. The van der Waals surface area contributed by atoms with Crippen molar-refractivity contribution in [1.29, 1.82) is 0 Å². The van der Waals surface area contributed by atoms with Gasteiger partial charge < -0.3 is 5.32 Å². The number of pyridine rings is 1. The van der Waals surface area contributed by atoms with Crippen molar-refractivity contribution in [2.45, 2.75) is 6.92 Å². The highest BCUT2D eigenvalue weighted by Gasteiger charge is 1.89. The largest absolute Gasteiger partial charge is 0.367 e. The van der Waals surface area contributed by atoms with Crippen LogP contribution in [0.1, 0.15) is 5.56 Å². The van der Waals surface area contributed by atoms with Crippen LogP contribution in [0.15, 0.2) is 31.0 Å². The fraction of sp³-hybridized carbons (Fsp3) is 0.222. The van der Waals surface area contributed by atoms with Crippen LogP contribution in [-0.4, -0.2) is 11.5 Å². The van der Waals surface area contributed by atoms with E-state index in [-0.39, 0.29) is 0 Å². The Hall–Kier alpha value is -1.31. The van der Waals surface area contributed by atoms with Gasteiger partial charge in [-0.15, -0.1) is 6.58 Å². The molecule has 0 fully saturated rings. The van der Waals surface area contributed by atoms with Crippen molar-refractivity contribution in [3.63, 3.8) is 0 Å². The van der Waals surface area contributed by atoms with E-state index in [0.717, 1.165) is 12.4 Å². The van der Waals surface area contributed by atoms with Crippen molar-refractivity contribution >= 4 is 5.82 Å². The maximum atomic E-state index is 4.12. The zero-order valence-electron chi connectivity index (χ0n) is 6.67. The first-order valence-electron chi connectivity index (χ1n) is 3.60. The number of anilines is 1. The molecule has 0 spiro atoms. The van der Waals surface area contributed by atoms with Crippen LogP contribution in [0.5, 0.6) is 0 Å². The third-order valence-electron chi connectivity index (χ3n) is 1.34. The first-order valence-corrected chi connectivity index (χ1v) is 3.60. The zero-order valence-corrected chi connectivity index (χ0v) is 6.67. The molecule has 0 aliphatic carbocycles. The molecule has 58 valence electrons. The van der Waals surface area contributed by atoms with Crippen molar-refractivity contribution in [3.05, 3.63) is 36.5 Å². The van der Waals surface area contributed by atoms with E-state index in [1.807, 2.05) is 25.1 Å². The molecule has 1 aromatic heterocycles. The van der Waals surface area contributed by atoms with Crippen molar-refractivity contribution in [2.24, 2.45) is 0 Å². The number of rotatable bonds is 3. The summed E-state index contributed by atoms with van der Waals surface area (Å²) in [6, 6.07) is 3.97. The first-order chi connectivity index (χ1) is 5.33. The molecule has 11 heavy (non-hydrogen) atoms. The van der Waals surface area contributed by atoms with Gasteiger partial charge in [-0.3, -0.25) is 0 Å². The van der Waals surface area contributed by atoms with E-state index < -0.39 is 0 Å². The molecule has 0 aliphatic rings. The fourth-order valence-electron chi connectivity index (χ4n) is 0.810. The van der Waals surface area contributed by atoms with Crippen LogP contribution >= 0.6 is 0 Å². The Kier molecular flexibility index (Phi) is 2.66. The highest BCUT2D eigenvalue weighted by molar-refractivity contribution is 5.37. The van der Waals surface area contributed by atoms with E-state index in [1.54, 1.807) is 6.20 Å². The van der Waals surface area contributed by atoms with Crippen LogP contribution in [0.4, 0.5) is 5.82 Å². The smallest absolute Gasteiger partial charge is 0.126 e. The van der Waals surface area contributed by atoms with Crippen molar-refractivity contribution in [1.82, 2.24) is 4.98 Å². The molecule has 1 N–H and O–H groups in total. The minimum Gasteiger partial charge on any atom is -0.367 e. The maximum Gasteiger partial charge on any atom is 0.126 e. The zero-order chi connectivity index (χ0) is 8.10. The van der Waals surface area contributed by atoms with Gasteiger partial charge in [-0.05, 0) is 24.6 Å². The van der Waals surface area contributed by atoms with Gasteiger partial charge in [0.05, 0.1) is 0 Å². The monoisotopic (exact) mass is 148 g/mol. The Bertz CT molecular complexity index is 243. The van der Waals surface area contributed by atoms with Gasteiger partial charge in [-0.1, -0.05) is 6.08 Å². The van der Waals surface area contributed by atoms with Gasteiger partial charge in [0.25, 0.3) is 0 Å². The average molecular weight is 148 g/mol. The van der Waals surface area contributed by atoms with E-state index in [9.17, 15) is 0 Å². The molecule has 0 aromatic carbocycles. The molecule has 0 radical (unpaired) electrons. The van der Waals surface area contributed by atoms with Gasteiger partial charge in [-0.25, -0.2) is 4.98 Å². The summed E-state index contributed by atoms with van der Waals surface area (Å²) in [5.41, 5.74) is 1.21. The summed E-state index contributed by atoms with van der Waals surface area (Å²) in [5.74, 6) is 0.907. The summed E-state index contributed by atoms with van der Waals surface area (Å²) in [7, 11) is 0. The van der Waals surface area contributed by atoms with Crippen LogP contribution in [0, 0.1) is 6.92 Å². The number of aryl methyl sites for hydroxylation is 1. The predicted octanol–water partition coefficient (Wildman–Crippen LogP) is 1.99. The number of nitrogens with one attached hydrogen (secondary N) is 1. The molecular formula is C9H12N2. The van der Waals surface area contributed by atoms with E-state index in [0.29, 0.717) is 0 Å². The lowest BCUT2D eigenvalue weighted by Gasteiger charge is -2.01. The van der Waals surface area contributed by atoms with Crippen LogP contribution in [-0.2, 0) is 0 Å². The summed E-state index contributed by atoms with van der Waals surface area (Å²) in [6.07, 6.45) is 3.60. The molecule has 1 heterocycles. The summed E-state index contributed by atoms with van der Waals surface area (Å²) in [5, 5.41) is 3.11. The molecule has 1 rings (SSSR count). The van der Waals surface area contributed by atoms with Gasteiger partial charge >= 0.3 is 0 Å². The molecule has 0 saturated heterocycles. The number of nitrogens with zero attached hydrogens (tertiary/aromatic N) is 1. The fourth-order valence-corrected chi connectivity index (χ4v) is 0.810. The lowest BCUT2D eigenvalue weighted by molar-refractivity contribution is 1.21. The standard InChI is InChI=1S/C9H12N2/c1-3-5-10-9-7-8(2)4-6-11-9/h3-4,6-7H,1,5H2,2H3,(H,10,11). The normalized spacial score (nSPS) is 9.18. The van der Waals surface area contributed by atoms with E-state index >= 15 is 0 Å². The van der Waals surface area contributed by atoms with Crippen LogP contribution in [0.3, 0.4) is 0 Å². The lowest BCUT2D eigenvalue weighted by Crippen LogP contribution is -1.99. The molecule has 1 aromatic rings. The minimum atomic E-state index is 0.760. The van der Waals surface area contributed by atoms with Gasteiger partial charge in [0.1, 0.15) is 5.82 Å². The molecule has 0 bridgehead atoms. The molecule has 0 aliphatic heterocycles. The van der Waals surface area contributed by atoms with Gasteiger partial charge in [-0.2, -0.15) is 0 Å². The number of hydrogen-bond donors (Lipinski definition) is 1. The minimum absolute atomic E-state index is 0.760. The van der Waals surface area contributed by atoms with Gasteiger partial charge in [0, 0.05) is 12.7 Å². The third kappa shape index (κ3) is 2.42. The van der Waals surface area contributed by atoms with Crippen LogP contribution in [0.2, 0.25) is 0 Å². The van der Waals surface area contributed by atoms with Crippen molar-refractivity contribution < 1.29 is 0 Å². The lowest BCUT2D eigenvalue weighted by atomic mass is 10.3. The van der Waals surface area contributed by atoms with Crippen LogP contribution in [0.25, 0.3) is 0 Å². The highest BCUT2D eigenvalue weighted by atomic mass is 15.0. The Morgan fingerprint density at radius 3 is 3.18 bits per heavy atom. The SMILES string of the molecule is C=CCNc1cc(C)ccn1. The molecule has 2 heteroatoms. The van der Waals surface area contributed by atoms with Crippen molar-refractivity contribution in [2.75, 3.05) is 11.9 Å². The molecule has 2 nitrogen and oxygen atoms in total. The van der Waals surface area contributed by atoms with E-state index in [2.05, 4.69) is 16.9 Å². The Morgan fingerprint density at radius 2 is 2.55 bits per heavy atom. The average Bonchev–Trinajstić information content (AvgIpc) is 2.01. The third-order valence-corrected chi connectivity index (χ3v) is 1.34. The van der Waals surface area contributed by atoms with Gasteiger partial charge in [0.15, 0.2) is 0 Å². The first kappa shape index (κ1) is 7.79. The molecular weight excluding hydrogens is 136 g/mol. The molecule has 0 amide bonds. The maximum absolute atomic E-state index is 4.12. The van der Waals surface area contributed by atoms with E-state index in [4.69, 9.17) is 0 Å². The second-order valence-electron chi connectivity index (χ2n) is 2.39. The topological polar surface area (TPSA) is 24.9 Å². The molecule has 0 saturated carbocycles. The van der Waals surface area contributed by atoms with E-state index in [1.165, 1.54) is 5.56 Å². The molecule has 0 unspecified atom stereocenters.